The number of benzene rings is 4. The number of fused-ring (bicyclic) bond motifs is 1. The molecule has 1 aliphatic heterocycles. The van der Waals surface area contributed by atoms with E-state index in [-0.39, 0.29) is 0 Å². The number of hydrogen-bond acceptors (Lipinski definition) is 3. The minimum absolute atomic E-state index is 0.565. The van der Waals surface area contributed by atoms with Gasteiger partial charge >= 0.3 is 0 Å². The Balaban J connectivity index is 1.35. The molecule has 0 aromatic heterocycles. The second-order valence-electron chi connectivity index (χ2n) is 9.16. The largest absolute Gasteiger partial charge is 0.381 e. The van der Waals surface area contributed by atoms with E-state index in [2.05, 4.69) is 71.3 Å². The van der Waals surface area contributed by atoms with E-state index in [0.29, 0.717) is 23.9 Å². The zero-order chi connectivity index (χ0) is 23.3. The molecule has 3 nitrogen and oxygen atoms in total. The molecule has 1 saturated heterocycles. The van der Waals surface area contributed by atoms with E-state index in [1.807, 2.05) is 30.3 Å². The van der Waals surface area contributed by atoms with Gasteiger partial charge in [-0.1, -0.05) is 72.3 Å². The maximum Gasteiger partial charge on any atom is 0.0998 e. The van der Waals surface area contributed by atoms with E-state index >= 15 is 0 Å². The molecule has 0 radical (unpaired) electrons. The average Bonchev–Trinajstić information content (AvgIpc) is 3.30. The van der Waals surface area contributed by atoms with Crippen LogP contribution in [0.15, 0.2) is 84.9 Å². The molecule has 5 rings (SSSR count). The Morgan fingerprint density at radius 2 is 1.56 bits per heavy atom. The number of halogens is 1. The zero-order valence-electron chi connectivity index (χ0n) is 19.1. The van der Waals surface area contributed by atoms with Crippen molar-refractivity contribution in [3.63, 3.8) is 0 Å². The Labute approximate surface area is 206 Å². The number of nitrogens with one attached hydrogen (secondary N) is 2. The molecule has 0 aliphatic carbocycles. The fraction of sp³-hybridized carbons (Fsp3) is 0.233. The lowest BCUT2D eigenvalue weighted by Crippen LogP contribution is -2.18. The first kappa shape index (κ1) is 22.5. The molecule has 0 bridgehead atoms. The van der Waals surface area contributed by atoms with E-state index in [0.717, 1.165) is 47.4 Å². The lowest BCUT2D eigenvalue weighted by Gasteiger charge is -2.21. The van der Waals surface area contributed by atoms with Crippen molar-refractivity contribution < 1.29 is 0 Å². The van der Waals surface area contributed by atoms with Crippen molar-refractivity contribution in [2.75, 3.05) is 18.4 Å². The summed E-state index contributed by atoms with van der Waals surface area (Å²) in [7, 11) is 0. The summed E-state index contributed by atoms with van der Waals surface area (Å²) in [6.07, 6.45) is 2.08. The molecule has 170 valence electrons. The molecule has 0 spiro atoms. The number of hydrogen-bond donors (Lipinski definition) is 2. The molecule has 0 amide bonds. The minimum atomic E-state index is 0.565. The molecule has 1 heterocycles. The second kappa shape index (κ2) is 10.3. The Morgan fingerprint density at radius 1 is 0.824 bits per heavy atom. The molecule has 4 aromatic rings. The van der Waals surface area contributed by atoms with Crippen LogP contribution in [0.1, 0.15) is 22.3 Å². The van der Waals surface area contributed by atoms with Gasteiger partial charge in [-0.05, 0) is 89.5 Å². The molecule has 2 atom stereocenters. The highest BCUT2D eigenvalue weighted by molar-refractivity contribution is 6.30. The molecule has 1 fully saturated rings. The first-order chi connectivity index (χ1) is 16.7. The van der Waals surface area contributed by atoms with Crippen LogP contribution in [0.3, 0.4) is 0 Å². The van der Waals surface area contributed by atoms with E-state index in [1.54, 1.807) is 0 Å². The van der Waals surface area contributed by atoms with Crippen molar-refractivity contribution in [2.24, 2.45) is 11.8 Å². The number of nitrogens with zero attached hydrogens (tertiary/aromatic N) is 1. The highest BCUT2D eigenvalue weighted by Gasteiger charge is 2.28. The van der Waals surface area contributed by atoms with E-state index in [1.165, 1.54) is 16.7 Å². The Bertz CT molecular complexity index is 1330. The SMILES string of the molecule is N#Cc1ccc(CNc2ccc(Cl)cc2C[C@H]2CNC[C@@H]2Cc2ccccc2)c2ccccc12. The summed E-state index contributed by atoms with van der Waals surface area (Å²) in [5, 5.41) is 19.6. The molecule has 4 heteroatoms. The van der Waals surface area contributed by atoms with Crippen LogP contribution in [0, 0.1) is 23.2 Å². The van der Waals surface area contributed by atoms with Crippen LogP contribution in [0.4, 0.5) is 5.69 Å². The van der Waals surface area contributed by atoms with Gasteiger partial charge < -0.3 is 10.6 Å². The lowest BCUT2D eigenvalue weighted by atomic mass is 9.85. The maximum absolute atomic E-state index is 9.46. The van der Waals surface area contributed by atoms with Crippen molar-refractivity contribution in [2.45, 2.75) is 19.4 Å². The maximum atomic E-state index is 9.46. The second-order valence-corrected chi connectivity index (χ2v) is 9.59. The van der Waals surface area contributed by atoms with Gasteiger partial charge in [0.15, 0.2) is 0 Å². The summed E-state index contributed by atoms with van der Waals surface area (Å²) in [6, 6.07) is 31.3. The average molecular weight is 466 g/mol. The molecular weight excluding hydrogens is 438 g/mol. The summed E-state index contributed by atoms with van der Waals surface area (Å²) >= 11 is 6.42. The first-order valence-corrected chi connectivity index (χ1v) is 12.3. The summed E-state index contributed by atoms with van der Waals surface area (Å²) in [5.41, 5.74) is 5.68. The van der Waals surface area contributed by atoms with Crippen LogP contribution < -0.4 is 10.6 Å². The van der Waals surface area contributed by atoms with Crippen LogP contribution in [0.2, 0.25) is 5.02 Å². The minimum Gasteiger partial charge on any atom is -0.381 e. The van der Waals surface area contributed by atoms with Gasteiger partial charge in [0.1, 0.15) is 0 Å². The van der Waals surface area contributed by atoms with Gasteiger partial charge in [0.2, 0.25) is 0 Å². The Morgan fingerprint density at radius 3 is 2.35 bits per heavy atom. The lowest BCUT2D eigenvalue weighted by molar-refractivity contribution is 0.415. The smallest absolute Gasteiger partial charge is 0.0998 e. The molecule has 34 heavy (non-hydrogen) atoms. The highest BCUT2D eigenvalue weighted by Crippen LogP contribution is 2.31. The van der Waals surface area contributed by atoms with Crippen LogP contribution in [-0.2, 0) is 19.4 Å². The third-order valence-corrected chi connectivity index (χ3v) is 7.21. The fourth-order valence-electron chi connectivity index (χ4n) is 5.17. The fourth-order valence-corrected chi connectivity index (χ4v) is 5.37. The van der Waals surface area contributed by atoms with E-state index in [9.17, 15) is 5.26 Å². The molecule has 0 unspecified atom stereocenters. The number of anilines is 1. The summed E-state index contributed by atoms with van der Waals surface area (Å²) in [4.78, 5) is 0. The molecular formula is C30H28ClN3. The van der Waals surface area contributed by atoms with Crippen LogP contribution in [0.5, 0.6) is 0 Å². The number of nitriles is 1. The predicted molar refractivity (Wildman–Crippen MR) is 141 cm³/mol. The van der Waals surface area contributed by atoms with Gasteiger partial charge in [-0.25, -0.2) is 0 Å². The Kier molecular flexibility index (Phi) is 6.81. The van der Waals surface area contributed by atoms with Crippen molar-refractivity contribution in [1.82, 2.24) is 5.32 Å². The molecule has 1 aliphatic rings. The summed E-state index contributed by atoms with van der Waals surface area (Å²) in [5.74, 6) is 1.17. The molecule has 0 saturated carbocycles. The summed E-state index contributed by atoms with van der Waals surface area (Å²) < 4.78 is 0. The third-order valence-electron chi connectivity index (χ3n) is 6.97. The monoisotopic (exact) mass is 465 g/mol. The molecule has 2 N–H and O–H groups in total. The normalized spacial score (nSPS) is 17.5. The van der Waals surface area contributed by atoms with Gasteiger partial charge in [-0.3, -0.25) is 0 Å². The van der Waals surface area contributed by atoms with Crippen molar-refractivity contribution in [3.05, 3.63) is 112 Å². The third kappa shape index (κ3) is 4.94. The van der Waals surface area contributed by atoms with Crippen molar-refractivity contribution in [1.29, 1.82) is 5.26 Å². The van der Waals surface area contributed by atoms with E-state index in [4.69, 9.17) is 11.6 Å². The quantitative estimate of drug-likeness (QED) is 0.323. The van der Waals surface area contributed by atoms with Gasteiger partial charge in [0.05, 0.1) is 11.6 Å². The van der Waals surface area contributed by atoms with Gasteiger partial charge in [0, 0.05) is 17.3 Å². The van der Waals surface area contributed by atoms with E-state index < -0.39 is 0 Å². The van der Waals surface area contributed by atoms with Crippen LogP contribution in [0.25, 0.3) is 10.8 Å². The highest BCUT2D eigenvalue weighted by atomic mass is 35.5. The van der Waals surface area contributed by atoms with Crippen LogP contribution >= 0.6 is 11.6 Å². The predicted octanol–water partition coefficient (Wildman–Crippen LogP) is 6.60. The van der Waals surface area contributed by atoms with Gasteiger partial charge in [-0.2, -0.15) is 5.26 Å². The topological polar surface area (TPSA) is 47.9 Å². The van der Waals surface area contributed by atoms with Gasteiger partial charge in [-0.15, -0.1) is 0 Å². The zero-order valence-corrected chi connectivity index (χ0v) is 19.9. The summed E-state index contributed by atoms with van der Waals surface area (Å²) in [6.45, 7) is 2.78. The van der Waals surface area contributed by atoms with Crippen LogP contribution in [-0.4, -0.2) is 13.1 Å². The first-order valence-electron chi connectivity index (χ1n) is 11.9. The van der Waals surface area contributed by atoms with Crippen molar-refractivity contribution >= 4 is 28.1 Å². The number of rotatable bonds is 7. The van der Waals surface area contributed by atoms with Crippen molar-refractivity contribution in [3.8, 4) is 6.07 Å². The standard InChI is InChI=1S/C30H28ClN3/c31-27-12-13-30(34-20-23-11-10-22(17-32)28-8-4-5-9-29(23)28)24(16-27)15-26-19-33-18-25(26)14-21-6-2-1-3-7-21/h1-13,16,25-26,33-34H,14-15,18-20H2/t25-,26-/m0/s1. The molecule has 4 aromatic carbocycles. The Hall–Kier alpha value is -3.32. The van der Waals surface area contributed by atoms with Gasteiger partial charge in [0.25, 0.3) is 0 Å².